The molecular weight excluding hydrogens is 322 g/mol. The number of nitrogens with zero attached hydrogens (tertiary/aromatic N) is 2. The van der Waals surface area contributed by atoms with Crippen LogP contribution in [0.15, 0.2) is 30.3 Å². The van der Waals surface area contributed by atoms with Crippen LogP contribution in [0.5, 0.6) is 5.75 Å². The summed E-state index contributed by atoms with van der Waals surface area (Å²) in [5.41, 5.74) is 2.36. The number of anilines is 1. The third-order valence-electron chi connectivity index (χ3n) is 3.59. The molecule has 1 heterocycles. The highest BCUT2D eigenvalue weighted by molar-refractivity contribution is 5.93. The number of benzene rings is 1. The van der Waals surface area contributed by atoms with Crippen molar-refractivity contribution >= 4 is 17.4 Å². The van der Waals surface area contributed by atoms with E-state index in [1.165, 1.54) is 12.1 Å². The highest BCUT2D eigenvalue weighted by Gasteiger charge is 2.24. The predicted molar refractivity (Wildman–Crippen MR) is 94.9 cm³/mol. The van der Waals surface area contributed by atoms with Crippen molar-refractivity contribution in [1.29, 1.82) is 0 Å². The summed E-state index contributed by atoms with van der Waals surface area (Å²) < 4.78 is 5.62. The number of aromatic nitrogens is 1. The molecule has 1 atom stereocenters. The van der Waals surface area contributed by atoms with Crippen molar-refractivity contribution in [3.63, 3.8) is 0 Å². The Morgan fingerprint density at radius 2 is 1.96 bits per heavy atom. The van der Waals surface area contributed by atoms with Gasteiger partial charge in [-0.15, -0.1) is 0 Å². The van der Waals surface area contributed by atoms with Gasteiger partial charge in [0, 0.05) is 11.8 Å². The van der Waals surface area contributed by atoms with Crippen LogP contribution in [0.3, 0.4) is 0 Å². The van der Waals surface area contributed by atoms with E-state index < -0.39 is 16.9 Å². The Hall–Kier alpha value is -2.96. The molecule has 0 saturated carbocycles. The molecule has 7 nitrogen and oxygen atoms in total. The van der Waals surface area contributed by atoms with E-state index in [1.54, 1.807) is 26.0 Å². The predicted octanol–water partition coefficient (Wildman–Crippen LogP) is 3.71. The van der Waals surface area contributed by atoms with Crippen LogP contribution in [0.1, 0.15) is 30.2 Å². The lowest BCUT2D eigenvalue weighted by Gasteiger charge is -2.17. The third kappa shape index (κ3) is 4.76. The maximum atomic E-state index is 12.5. The molecule has 0 saturated heterocycles. The average Bonchev–Trinajstić information content (AvgIpc) is 2.52. The Morgan fingerprint density at radius 3 is 2.56 bits per heavy atom. The summed E-state index contributed by atoms with van der Waals surface area (Å²) in [7, 11) is 0. The van der Waals surface area contributed by atoms with Gasteiger partial charge in [-0.2, -0.15) is 0 Å². The van der Waals surface area contributed by atoms with E-state index in [0.29, 0.717) is 12.2 Å². The minimum Gasteiger partial charge on any atom is -0.473 e. The zero-order valence-electron chi connectivity index (χ0n) is 14.7. The number of rotatable bonds is 6. The second-order valence-electron chi connectivity index (χ2n) is 5.90. The Morgan fingerprint density at radius 1 is 1.24 bits per heavy atom. The summed E-state index contributed by atoms with van der Waals surface area (Å²) in [5, 5.41) is 13.9. The van der Waals surface area contributed by atoms with Crippen molar-refractivity contribution < 1.29 is 14.5 Å². The topological polar surface area (TPSA) is 94.4 Å². The molecule has 1 aromatic carbocycles. The fourth-order valence-electron chi connectivity index (χ4n) is 2.46. The number of carbonyl (C=O) groups is 1. The van der Waals surface area contributed by atoms with Crippen molar-refractivity contribution in [2.75, 3.05) is 5.32 Å². The SMILES string of the molecule is CC[C@@H](Oc1ccc(C)cc1[N+](=O)[O-])C(=O)Nc1cc(C)cc(C)n1. The molecule has 0 aliphatic carbocycles. The zero-order valence-corrected chi connectivity index (χ0v) is 14.7. The number of nitro groups is 1. The summed E-state index contributed by atoms with van der Waals surface area (Å²) in [6.45, 7) is 7.28. The van der Waals surface area contributed by atoms with E-state index >= 15 is 0 Å². The lowest BCUT2D eigenvalue weighted by Crippen LogP contribution is -2.33. The maximum absolute atomic E-state index is 12.5. The van der Waals surface area contributed by atoms with Gasteiger partial charge in [0.05, 0.1) is 4.92 Å². The van der Waals surface area contributed by atoms with Crippen molar-refractivity contribution in [2.45, 2.75) is 40.2 Å². The average molecular weight is 343 g/mol. The third-order valence-corrected chi connectivity index (χ3v) is 3.59. The number of aryl methyl sites for hydroxylation is 3. The van der Waals surface area contributed by atoms with Gasteiger partial charge in [0.2, 0.25) is 0 Å². The highest BCUT2D eigenvalue weighted by Crippen LogP contribution is 2.29. The number of nitro benzene ring substituents is 1. The Bertz CT molecular complexity index is 785. The van der Waals surface area contributed by atoms with E-state index in [4.69, 9.17) is 4.74 Å². The van der Waals surface area contributed by atoms with Crippen molar-refractivity contribution in [3.05, 3.63) is 57.3 Å². The second-order valence-corrected chi connectivity index (χ2v) is 5.90. The number of ether oxygens (including phenoxy) is 1. The minimum atomic E-state index is -0.857. The molecule has 25 heavy (non-hydrogen) atoms. The number of nitrogens with one attached hydrogen (secondary N) is 1. The Labute approximate surface area is 146 Å². The lowest BCUT2D eigenvalue weighted by molar-refractivity contribution is -0.386. The van der Waals surface area contributed by atoms with Crippen LogP contribution in [0.4, 0.5) is 11.5 Å². The molecule has 7 heteroatoms. The van der Waals surface area contributed by atoms with Gasteiger partial charge in [0.25, 0.3) is 5.91 Å². The van der Waals surface area contributed by atoms with Crippen molar-refractivity contribution in [1.82, 2.24) is 4.98 Å². The van der Waals surface area contributed by atoms with Crippen LogP contribution in [-0.2, 0) is 4.79 Å². The standard InChI is InChI=1S/C18H21N3O4/c1-5-15(18(22)20-17-10-12(3)8-13(4)19-17)25-16-7-6-11(2)9-14(16)21(23)24/h6-10,15H,5H2,1-4H3,(H,19,20,22)/t15-/m1/s1. The fourth-order valence-corrected chi connectivity index (χ4v) is 2.46. The Kier molecular flexibility index (Phi) is 5.69. The fraction of sp³-hybridized carbons (Fsp3) is 0.333. The van der Waals surface area contributed by atoms with Crippen molar-refractivity contribution in [2.24, 2.45) is 0 Å². The molecule has 0 spiro atoms. The largest absolute Gasteiger partial charge is 0.473 e. The lowest BCUT2D eigenvalue weighted by atomic mass is 10.2. The molecular formula is C18H21N3O4. The molecule has 1 amide bonds. The number of carbonyl (C=O) groups excluding carboxylic acids is 1. The van der Waals surface area contributed by atoms with E-state index in [0.717, 1.165) is 16.8 Å². The summed E-state index contributed by atoms with van der Waals surface area (Å²) in [4.78, 5) is 27.4. The highest BCUT2D eigenvalue weighted by atomic mass is 16.6. The number of pyridine rings is 1. The molecule has 0 radical (unpaired) electrons. The van der Waals surface area contributed by atoms with Gasteiger partial charge in [-0.3, -0.25) is 14.9 Å². The van der Waals surface area contributed by atoms with E-state index in [-0.39, 0.29) is 11.4 Å². The summed E-state index contributed by atoms with van der Waals surface area (Å²) >= 11 is 0. The summed E-state index contributed by atoms with van der Waals surface area (Å²) in [6, 6.07) is 8.30. The van der Waals surface area contributed by atoms with Gasteiger partial charge in [0.15, 0.2) is 11.9 Å². The van der Waals surface area contributed by atoms with E-state index in [9.17, 15) is 14.9 Å². The van der Waals surface area contributed by atoms with Gasteiger partial charge >= 0.3 is 5.69 Å². The molecule has 0 unspecified atom stereocenters. The summed E-state index contributed by atoms with van der Waals surface area (Å²) in [5.74, 6) is 0.115. The van der Waals surface area contributed by atoms with Crippen LogP contribution in [0.2, 0.25) is 0 Å². The molecule has 0 aliphatic heterocycles. The molecule has 0 aliphatic rings. The normalized spacial score (nSPS) is 11.7. The smallest absolute Gasteiger partial charge is 0.311 e. The molecule has 1 N–H and O–H groups in total. The quantitative estimate of drug-likeness (QED) is 0.637. The number of amides is 1. The summed E-state index contributed by atoms with van der Waals surface area (Å²) in [6.07, 6.45) is -0.495. The van der Waals surface area contributed by atoms with Gasteiger partial charge in [0.1, 0.15) is 5.82 Å². The van der Waals surface area contributed by atoms with Gasteiger partial charge in [-0.1, -0.05) is 13.0 Å². The minimum absolute atomic E-state index is 0.0750. The zero-order chi connectivity index (χ0) is 18.6. The first-order chi connectivity index (χ1) is 11.8. The molecule has 0 bridgehead atoms. The van der Waals surface area contributed by atoms with E-state index in [1.807, 2.05) is 19.9 Å². The Balaban J connectivity index is 2.19. The van der Waals surface area contributed by atoms with E-state index in [2.05, 4.69) is 10.3 Å². The molecule has 0 fully saturated rings. The monoisotopic (exact) mass is 343 g/mol. The van der Waals surface area contributed by atoms with Gasteiger partial charge < -0.3 is 10.1 Å². The first-order valence-electron chi connectivity index (χ1n) is 7.98. The molecule has 2 aromatic rings. The van der Waals surface area contributed by atoms with Gasteiger partial charge in [-0.25, -0.2) is 4.98 Å². The van der Waals surface area contributed by atoms with Crippen LogP contribution >= 0.6 is 0 Å². The van der Waals surface area contributed by atoms with Crippen LogP contribution in [-0.4, -0.2) is 21.9 Å². The van der Waals surface area contributed by atoms with Crippen molar-refractivity contribution in [3.8, 4) is 5.75 Å². The van der Waals surface area contributed by atoms with Crippen LogP contribution in [0, 0.1) is 30.9 Å². The molecule has 132 valence electrons. The number of hydrogen-bond donors (Lipinski definition) is 1. The number of hydrogen-bond acceptors (Lipinski definition) is 5. The van der Waals surface area contributed by atoms with Crippen LogP contribution in [0.25, 0.3) is 0 Å². The first-order valence-corrected chi connectivity index (χ1v) is 7.98. The van der Waals surface area contributed by atoms with Crippen LogP contribution < -0.4 is 10.1 Å². The molecule has 1 aromatic heterocycles. The first kappa shape index (κ1) is 18.4. The molecule has 2 rings (SSSR count). The second kappa shape index (κ2) is 7.74. The maximum Gasteiger partial charge on any atom is 0.311 e. The van der Waals surface area contributed by atoms with Gasteiger partial charge in [-0.05, 0) is 56.5 Å².